The van der Waals surface area contributed by atoms with Gasteiger partial charge >= 0.3 is 0 Å². The number of halogens is 1. The van der Waals surface area contributed by atoms with Crippen molar-refractivity contribution in [1.29, 1.82) is 5.26 Å². The van der Waals surface area contributed by atoms with Gasteiger partial charge in [0.05, 0.1) is 17.8 Å². The van der Waals surface area contributed by atoms with E-state index >= 15 is 0 Å². The number of aromatic nitrogens is 1. The fraction of sp³-hybridized carbons (Fsp3) is 0.167. The summed E-state index contributed by atoms with van der Waals surface area (Å²) in [6.45, 7) is 0.569. The van der Waals surface area contributed by atoms with E-state index in [0.717, 1.165) is 21.7 Å². The van der Waals surface area contributed by atoms with E-state index in [4.69, 9.17) is 10.00 Å². The van der Waals surface area contributed by atoms with Gasteiger partial charge in [0.1, 0.15) is 16.7 Å². The second-order valence-corrected chi connectivity index (χ2v) is 5.31. The summed E-state index contributed by atoms with van der Waals surface area (Å²) in [6.07, 6.45) is 2.32. The minimum atomic E-state index is 0.569. The van der Waals surface area contributed by atoms with Crippen molar-refractivity contribution >= 4 is 27.3 Å². The van der Waals surface area contributed by atoms with Crippen molar-refractivity contribution in [1.82, 2.24) is 4.98 Å². The third-order valence-electron chi connectivity index (χ3n) is 2.06. The molecule has 0 bridgehead atoms. The van der Waals surface area contributed by atoms with Gasteiger partial charge in [0.25, 0.3) is 0 Å². The Labute approximate surface area is 112 Å². The number of thiazole rings is 1. The molecule has 0 aliphatic carbocycles. The lowest BCUT2D eigenvalue weighted by Crippen LogP contribution is -2.00. The Kier molecular flexibility index (Phi) is 4.13. The average molecular weight is 309 g/mol. The van der Waals surface area contributed by atoms with E-state index in [-0.39, 0.29) is 0 Å². The summed E-state index contributed by atoms with van der Waals surface area (Å²) in [4.78, 5) is 4.78. The van der Waals surface area contributed by atoms with Gasteiger partial charge in [-0.3, -0.25) is 0 Å². The molecule has 0 aliphatic rings. The molecule has 2 rings (SSSR count). The molecule has 0 N–H and O–H groups in total. The van der Waals surface area contributed by atoms with Crippen LogP contribution < -0.4 is 4.74 Å². The van der Waals surface area contributed by atoms with E-state index in [1.807, 2.05) is 24.3 Å². The summed E-state index contributed by atoms with van der Waals surface area (Å²) >= 11 is 4.78. The van der Waals surface area contributed by atoms with Crippen LogP contribution in [0.3, 0.4) is 0 Å². The average Bonchev–Trinajstić information content (AvgIpc) is 2.80. The van der Waals surface area contributed by atoms with Crippen molar-refractivity contribution in [3.63, 3.8) is 0 Å². The molecule has 0 saturated carbocycles. The lowest BCUT2D eigenvalue weighted by atomic mass is 10.3. The van der Waals surface area contributed by atoms with Gasteiger partial charge in [-0.2, -0.15) is 5.26 Å². The third kappa shape index (κ3) is 3.55. The van der Waals surface area contributed by atoms with E-state index < -0.39 is 0 Å². The lowest BCUT2D eigenvalue weighted by molar-refractivity contribution is 0.321. The van der Waals surface area contributed by atoms with Crippen LogP contribution in [0.4, 0.5) is 0 Å². The minimum Gasteiger partial charge on any atom is -0.493 e. The molecule has 0 amide bonds. The van der Waals surface area contributed by atoms with E-state index in [9.17, 15) is 0 Å². The molecule has 0 spiro atoms. The molecule has 3 nitrogen and oxygen atoms in total. The SMILES string of the molecule is N#Cc1cnc(CCOc2ccc(Br)cc2)s1. The Morgan fingerprint density at radius 3 is 2.76 bits per heavy atom. The van der Waals surface area contributed by atoms with E-state index in [1.54, 1.807) is 6.20 Å². The molecule has 5 heteroatoms. The molecule has 1 aromatic carbocycles. The summed E-state index contributed by atoms with van der Waals surface area (Å²) in [6, 6.07) is 9.76. The van der Waals surface area contributed by atoms with Crippen molar-refractivity contribution in [2.24, 2.45) is 0 Å². The number of hydrogen-bond acceptors (Lipinski definition) is 4. The van der Waals surface area contributed by atoms with Crippen LogP contribution in [0.15, 0.2) is 34.9 Å². The minimum absolute atomic E-state index is 0.569. The highest BCUT2D eigenvalue weighted by atomic mass is 79.9. The highest BCUT2D eigenvalue weighted by Crippen LogP contribution is 2.17. The first-order valence-electron chi connectivity index (χ1n) is 5.01. The van der Waals surface area contributed by atoms with Crippen LogP contribution in [0.2, 0.25) is 0 Å². The Morgan fingerprint density at radius 2 is 2.12 bits per heavy atom. The zero-order valence-corrected chi connectivity index (χ0v) is 11.3. The maximum atomic E-state index is 8.67. The van der Waals surface area contributed by atoms with Crippen LogP contribution >= 0.6 is 27.3 Å². The molecule has 17 heavy (non-hydrogen) atoms. The number of nitrogens with zero attached hydrogens (tertiary/aromatic N) is 2. The first kappa shape index (κ1) is 12.1. The van der Waals surface area contributed by atoms with E-state index in [1.165, 1.54) is 11.3 Å². The van der Waals surface area contributed by atoms with Crippen LogP contribution in [-0.4, -0.2) is 11.6 Å². The standard InChI is InChI=1S/C12H9BrN2OS/c13-9-1-3-10(4-2-9)16-6-5-12-15-8-11(7-14)17-12/h1-4,8H,5-6H2. The number of nitriles is 1. The predicted octanol–water partition coefficient (Wildman–Crippen LogP) is 3.40. The van der Waals surface area contributed by atoms with Gasteiger partial charge in [-0.1, -0.05) is 15.9 Å². The van der Waals surface area contributed by atoms with Crippen molar-refractivity contribution in [3.05, 3.63) is 44.8 Å². The second kappa shape index (κ2) is 5.80. The molecular formula is C12H9BrN2OS. The molecule has 2 aromatic rings. The number of ether oxygens (including phenoxy) is 1. The van der Waals surface area contributed by atoms with Crippen LogP contribution in [-0.2, 0) is 6.42 Å². The highest BCUT2D eigenvalue weighted by molar-refractivity contribution is 9.10. The van der Waals surface area contributed by atoms with Crippen LogP contribution in [0.1, 0.15) is 9.88 Å². The van der Waals surface area contributed by atoms with Crippen LogP contribution in [0.25, 0.3) is 0 Å². The quantitative estimate of drug-likeness (QED) is 0.869. The maximum absolute atomic E-state index is 8.67. The summed E-state index contributed by atoms with van der Waals surface area (Å²) < 4.78 is 6.60. The number of hydrogen-bond donors (Lipinski definition) is 0. The molecule has 0 unspecified atom stereocenters. The Bertz CT molecular complexity index is 530. The Morgan fingerprint density at radius 1 is 1.35 bits per heavy atom. The van der Waals surface area contributed by atoms with E-state index in [2.05, 4.69) is 27.0 Å². The zero-order valence-electron chi connectivity index (χ0n) is 8.89. The Balaban J connectivity index is 1.83. The molecule has 0 atom stereocenters. The first-order chi connectivity index (χ1) is 8.28. The van der Waals surface area contributed by atoms with Gasteiger partial charge < -0.3 is 4.74 Å². The van der Waals surface area contributed by atoms with Gasteiger partial charge in [0, 0.05) is 10.9 Å². The fourth-order valence-corrected chi connectivity index (χ4v) is 2.22. The first-order valence-corrected chi connectivity index (χ1v) is 6.62. The highest BCUT2D eigenvalue weighted by Gasteiger charge is 2.01. The molecular weight excluding hydrogens is 300 g/mol. The summed E-state index contributed by atoms with van der Waals surface area (Å²) in [5.41, 5.74) is 0. The molecule has 0 aliphatic heterocycles. The summed E-state index contributed by atoms with van der Waals surface area (Å²) in [5, 5.41) is 9.59. The molecule has 0 radical (unpaired) electrons. The van der Waals surface area contributed by atoms with Crippen molar-refractivity contribution in [2.45, 2.75) is 6.42 Å². The van der Waals surface area contributed by atoms with E-state index in [0.29, 0.717) is 11.5 Å². The van der Waals surface area contributed by atoms with Crippen molar-refractivity contribution < 1.29 is 4.74 Å². The normalized spacial score (nSPS) is 9.88. The molecule has 86 valence electrons. The van der Waals surface area contributed by atoms with Crippen LogP contribution in [0.5, 0.6) is 5.75 Å². The topological polar surface area (TPSA) is 45.9 Å². The van der Waals surface area contributed by atoms with Gasteiger partial charge in [0.15, 0.2) is 0 Å². The summed E-state index contributed by atoms with van der Waals surface area (Å²) in [7, 11) is 0. The van der Waals surface area contributed by atoms with Crippen molar-refractivity contribution in [3.8, 4) is 11.8 Å². The van der Waals surface area contributed by atoms with Gasteiger partial charge in [-0.05, 0) is 24.3 Å². The van der Waals surface area contributed by atoms with Gasteiger partial charge in [0.2, 0.25) is 0 Å². The second-order valence-electron chi connectivity index (χ2n) is 3.28. The lowest BCUT2D eigenvalue weighted by Gasteiger charge is -2.04. The number of rotatable bonds is 4. The van der Waals surface area contributed by atoms with Crippen molar-refractivity contribution in [2.75, 3.05) is 6.61 Å². The summed E-state index contributed by atoms with van der Waals surface area (Å²) in [5.74, 6) is 0.838. The molecule has 0 saturated heterocycles. The predicted molar refractivity (Wildman–Crippen MR) is 70.2 cm³/mol. The molecule has 1 heterocycles. The smallest absolute Gasteiger partial charge is 0.124 e. The third-order valence-corrected chi connectivity index (χ3v) is 3.55. The zero-order chi connectivity index (χ0) is 12.1. The number of benzene rings is 1. The maximum Gasteiger partial charge on any atom is 0.124 e. The van der Waals surface area contributed by atoms with Gasteiger partial charge in [-0.25, -0.2) is 4.98 Å². The largest absolute Gasteiger partial charge is 0.493 e. The Hall–Kier alpha value is -1.38. The molecule has 0 fully saturated rings. The monoisotopic (exact) mass is 308 g/mol. The fourth-order valence-electron chi connectivity index (χ4n) is 1.26. The molecule has 1 aromatic heterocycles. The van der Waals surface area contributed by atoms with Crippen LogP contribution in [0, 0.1) is 11.3 Å². The van der Waals surface area contributed by atoms with Gasteiger partial charge in [-0.15, -0.1) is 11.3 Å².